The van der Waals surface area contributed by atoms with Crippen molar-refractivity contribution in [2.75, 3.05) is 32.8 Å². The number of carboxylic acid groups (broad SMARTS) is 1. The second-order valence-corrected chi connectivity index (χ2v) is 26.3. The normalized spacial score (nSPS) is 16.4. The average Bonchev–Trinajstić information content (AvgIpc) is 1.79. The van der Waals surface area contributed by atoms with E-state index in [9.17, 15) is 92.3 Å². The molecule has 0 aliphatic carbocycles. The summed E-state index contributed by atoms with van der Waals surface area (Å²) in [4.78, 5) is 205. The Bertz CT molecular complexity index is 3500. The van der Waals surface area contributed by atoms with Gasteiger partial charge < -0.3 is 75.8 Å². The summed E-state index contributed by atoms with van der Waals surface area (Å²) in [6.07, 6.45) is -3.97. The van der Waals surface area contributed by atoms with Crippen molar-refractivity contribution >= 4 is 98.8 Å². The van der Waals surface area contributed by atoms with Gasteiger partial charge in [-0.3, -0.25) is 82.6 Å². The van der Waals surface area contributed by atoms with Crippen molar-refractivity contribution in [1.82, 2.24) is 74.6 Å². The van der Waals surface area contributed by atoms with Crippen LogP contribution in [0, 0.1) is 11.8 Å². The summed E-state index contributed by atoms with van der Waals surface area (Å²) in [7, 11) is 0. The number of phenols is 1. The number of hydrazine groups is 4. The van der Waals surface area contributed by atoms with Gasteiger partial charge in [0, 0.05) is 23.6 Å². The minimum Gasteiger partial charge on any atom is -0.508 e. The van der Waals surface area contributed by atoms with Gasteiger partial charge in [-0.1, -0.05) is 58.0 Å². The molecule has 1 fully saturated rings. The Kier molecular flexibility index (Phi) is 37.3. The van der Waals surface area contributed by atoms with Gasteiger partial charge in [0.2, 0.25) is 75.7 Å². The summed E-state index contributed by atoms with van der Waals surface area (Å²) in [6, 6.07) is -4.34. The van der Waals surface area contributed by atoms with Crippen LogP contribution in [0.15, 0.2) is 54.7 Å². The van der Waals surface area contributed by atoms with Gasteiger partial charge in [-0.05, 0) is 119 Å². The number of nitrogens with one attached hydrogen (secondary N) is 13. The van der Waals surface area contributed by atoms with Crippen molar-refractivity contribution in [3.63, 3.8) is 0 Å². The number of fused-ring (bicyclic) bond motifs is 1. The van der Waals surface area contributed by atoms with Crippen LogP contribution in [0.3, 0.4) is 0 Å². The van der Waals surface area contributed by atoms with Gasteiger partial charge in [-0.25, -0.2) is 43.0 Å². The molecule has 4 amide bonds. The third-order valence-corrected chi connectivity index (χ3v) is 16.8. The van der Waals surface area contributed by atoms with E-state index >= 15 is 0 Å². The third-order valence-electron chi connectivity index (χ3n) is 16.8. The van der Waals surface area contributed by atoms with Gasteiger partial charge in [-0.2, -0.15) is 0 Å². The molecule has 3 aromatic rings. The molecule has 2 aromatic carbocycles. The van der Waals surface area contributed by atoms with E-state index in [4.69, 9.17) is 34.4 Å². The largest absolute Gasteiger partial charge is 0.508 e. The molecule has 1 unspecified atom stereocenters. The predicted octanol–water partition coefficient (Wildman–Crippen LogP) is -8.21. The van der Waals surface area contributed by atoms with Crippen LogP contribution in [0.25, 0.3) is 10.9 Å². The molecular formula is C66H102N20O19. The number of amides is 4. The average molecular weight is 1480 g/mol. The number of hydrogen-bond donors (Lipinski definition) is 23. The first-order valence-corrected chi connectivity index (χ1v) is 34.2. The van der Waals surface area contributed by atoms with E-state index in [-0.39, 0.29) is 95.4 Å². The molecule has 1 saturated heterocycles. The first kappa shape index (κ1) is 88.5. The van der Waals surface area contributed by atoms with Crippen molar-refractivity contribution in [2.24, 2.45) is 46.2 Å². The van der Waals surface area contributed by atoms with E-state index in [0.717, 1.165) is 6.92 Å². The Morgan fingerprint density at radius 3 is 1.80 bits per heavy atom. The number of aliphatic carboxylic acids is 1. The minimum atomic E-state index is -1.93. The minimum absolute atomic E-state index is 0.0000893. The van der Waals surface area contributed by atoms with Crippen LogP contribution in [0.2, 0.25) is 0 Å². The number of aliphatic hydroxyl groups is 2. The van der Waals surface area contributed by atoms with Crippen LogP contribution in [0.4, 0.5) is 0 Å². The highest BCUT2D eigenvalue weighted by molar-refractivity contribution is 6.43. The molecular weight excluding hydrogens is 1380 g/mol. The van der Waals surface area contributed by atoms with Crippen LogP contribution >= 0.6 is 0 Å². The summed E-state index contributed by atoms with van der Waals surface area (Å²) in [5, 5.41) is 55.3. The van der Waals surface area contributed by atoms with E-state index in [1.54, 1.807) is 50.2 Å². The Morgan fingerprint density at radius 1 is 0.638 bits per heavy atom. The van der Waals surface area contributed by atoms with Gasteiger partial charge in [0.1, 0.15) is 42.5 Å². The lowest BCUT2D eigenvalue weighted by molar-refractivity contribution is -0.144. The third kappa shape index (κ3) is 28.9. The van der Waals surface area contributed by atoms with Gasteiger partial charge in [0.05, 0.1) is 74.4 Å². The van der Waals surface area contributed by atoms with Crippen LogP contribution < -0.4 is 99.0 Å². The lowest BCUT2D eigenvalue weighted by atomic mass is 9.93. The van der Waals surface area contributed by atoms with Gasteiger partial charge in [0.25, 0.3) is 0 Å². The number of rotatable bonds is 54. The fourth-order valence-corrected chi connectivity index (χ4v) is 11.3. The van der Waals surface area contributed by atoms with E-state index in [1.165, 1.54) is 37.2 Å². The number of aromatic hydroxyl groups is 1. The second kappa shape index (κ2) is 44.2. The maximum absolute atomic E-state index is 14.4. The summed E-state index contributed by atoms with van der Waals surface area (Å²) < 4.78 is 0. The number of aliphatic hydroxyl groups excluding tert-OH is 2. The number of aromatic nitrogens is 1. The first-order chi connectivity index (χ1) is 49.6. The maximum Gasteiger partial charge on any atom is 0.305 e. The molecule has 1 aromatic heterocycles. The number of carbonyl (C=O) groups excluding carboxylic acids is 14. The summed E-state index contributed by atoms with van der Waals surface area (Å²) in [6.45, 7) is 6.01. The summed E-state index contributed by atoms with van der Waals surface area (Å²) in [5.74, 6) is -17.5. The summed E-state index contributed by atoms with van der Waals surface area (Å²) in [5.41, 5.74) is 53.8. The molecule has 0 saturated carbocycles. The van der Waals surface area contributed by atoms with E-state index in [1.807, 2.05) is 0 Å². The number of phenolic OH excluding ortho intramolecular Hbond substituents is 1. The molecule has 4 rings (SSSR count). The molecule has 2 heterocycles. The Labute approximate surface area is 604 Å². The molecule has 105 heavy (non-hydrogen) atoms. The Balaban J connectivity index is 1.49. The lowest BCUT2D eigenvalue weighted by Crippen LogP contribution is -2.62. The number of benzene rings is 2. The molecule has 39 heteroatoms. The number of Topliss-reactive ketones (excluding diaryl/α,β-unsaturated/α-hetero) is 9. The number of nitrogens with zero attached hydrogens (tertiary/aromatic N) is 1. The number of carboxylic acids is 1. The monoisotopic (exact) mass is 1480 g/mol. The lowest BCUT2D eigenvalue weighted by Gasteiger charge is -2.31. The maximum atomic E-state index is 14.4. The highest BCUT2D eigenvalue weighted by Gasteiger charge is 2.43. The zero-order valence-electron chi connectivity index (χ0n) is 59.1. The molecule has 0 bridgehead atoms. The zero-order valence-corrected chi connectivity index (χ0v) is 59.1. The standard InChI is InChI=1S/C66H102N20O19/c1-32(2)22-46(77-51(93)29-76-80-45(58(99)55(96)39(67)26-52(94)95)24-36-28-75-40-18-17-37(90)25-38(36)40)64(105)78-44(27-50(68)92)57(98)61(102)53(33(3)4)85-86-21-11-16-48(86)60(101)59(100)47(30-87)84-81-41(14-9-19-73-65(69)70)56(97)62(103)54(34(5)89)79-63(104)42(15-10-20-74-66(71)72)82-83-43(49(91)31-88)23-35-12-7-6-8-13-35/h6-8,12-13,17-18,25,28,31-34,39,41-48,53-54,65-66,73-76,80-85,87,89-90H,9-11,14-16,19-24,26-27,29-30,67,69-72H2,1-5H3,(H2,68,92)(H,77,93)(H,78,105)(H,79,104)(H,94,95)/t34-,39+,41+,42+,43+,44+,45?,46+,47+,48+,53+,54+/m1/s1. The fourth-order valence-electron chi connectivity index (χ4n) is 11.3. The number of aldehydes is 1. The van der Waals surface area contributed by atoms with E-state index in [2.05, 4.69) is 69.5 Å². The van der Waals surface area contributed by atoms with Crippen LogP contribution in [-0.4, -0.2) is 236 Å². The van der Waals surface area contributed by atoms with Crippen LogP contribution in [0.1, 0.15) is 104 Å². The summed E-state index contributed by atoms with van der Waals surface area (Å²) >= 11 is 0. The predicted molar refractivity (Wildman–Crippen MR) is 376 cm³/mol. The highest BCUT2D eigenvalue weighted by atomic mass is 16.4. The van der Waals surface area contributed by atoms with Gasteiger partial charge in [0.15, 0.2) is 6.29 Å². The SMILES string of the molecule is CC(C)C[C@H](NC(=O)CNNC(Cc1c[nH]c2ccc(O)cc12)C(=O)C(=O)[C@@H](N)CC(=O)O)C(=O)N[C@@H](CC(N)=O)C(=O)C(=O)[C@@H](NN1CCC[C@H]1C(=O)C(=O)[C@H](CO)NN[C@@H](CCCNC(N)N)C(=O)C(=O)[C@@H](NC(=O)[C@H](CCCNC(N)N)NN[C@@H](Cc1ccccc1)C(=O)C=O)[C@@H](C)O)C(C)C. The Hall–Kier alpha value is -8.85. The molecule has 39 nitrogen and oxygen atoms in total. The van der Waals surface area contributed by atoms with E-state index < -0.39 is 199 Å². The number of carbonyl (C=O) groups is 15. The van der Waals surface area contributed by atoms with Crippen molar-refractivity contribution in [2.45, 2.75) is 190 Å². The molecule has 1 aliphatic rings. The van der Waals surface area contributed by atoms with Crippen molar-refractivity contribution < 1.29 is 92.3 Å². The van der Waals surface area contributed by atoms with Gasteiger partial charge in [-0.15, -0.1) is 0 Å². The number of H-pyrrole nitrogens is 1. The van der Waals surface area contributed by atoms with Crippen molar-refractivity contribution in [1.29, 1.82) is 0 Å². The molecule has 0 spiro atoms. The van der Waals surface area contributed by atoms with Crippen LogP contribution in [-0.2, 0) is 84.8 Å². The molecule has 580 valence electrons. The van der Waals surface area contributed by atoms with Crippen LogP contribution in [0.5, 0.6) is 5.75 Å². The quantitative estimate of drug-likeness (QED) is 0.00820. The smallest absolute Gasteiger partial charge is 0.305 e. The topological polar surface area (TPSA) is 656 Å². The number of aromatic amines is 1. The van der Waals surface area contributed by atoms with Gasteiger partial charge >= 0.3 is 5.97 Å². The van der Waals surface area contributed by atoms with E-state index in [0.29, 0.717) is 22.0 Å². The number of ketones is 9. The van der Waals surface area contributed by atoms with Crippen molar-refractivity contribution in [3.8, 4) is 5.75 Å². The molecule has 29 N–H and O–H groups in total. The number of nitrogens with two attached hydrogens (primary N) is 6. The fraction of sp³-hybridized carbons (Fsp3) is 0.561. The first-order valence-electron chi connectivity index (χ1n) is 34.2. The highest BCUT2D eigenvalue weighted by Crippen LogP contribution is 2.25. The molecule has 12 atom stereocenters. The number of primary amides is 1. The molecule has 0 radical (unpaired) electrons. The zero-order chi connectivity index (χ0) is 78.4. The Morgan fingerprint density at radius 2 is 1.22 bits per heavy atom. The second-order valence-electron chi connectivity index (χ2n) is 26.3. The van der Waals surface area contributed by atoms with Crippen molar-refractivity contribution in [3.05, 3.63) is 65.9 Å². The number of hydrogen-bond acceptors (Lipinski definition) is 33. The molecule has 1 aliphatic heterocycles.